The SMILES string of the molecule is CC(C(=O)Nc1nc2ccc(Cl)cc2s1)n1nc(-c2ccc(F)cc2)ccc1=O. The molecule has 2 aromatic carbocycles. The van der Waals surface area contributed by atoms with E-state index in [0.717, 1.165) is 14.9 Å². The summed E-state index contributed by atoms with van der Waals surface area (Å²) in [5, 5.41) is 7.98. The Balaban J connectivity index is 1.59. The Hall–Kier alpha value is -3.10. The lowest BCUT2D eigenvalue weighted by Crippen LogP contribution is -2.33. The molecule has 1 amide bonds. The van der Waals surface area contributed by atoms with Gasteiger partial charge in [0.25, 0.3) is 11.5 Å². The van der Waals surface area contributed by atoms with Crippen LogP contribution in [0.4, 0.5) is 9.52 Å². The van der Waals surface area contributed by atoms with Gasteiger partial charge in [0.05, 0.1) is 15.9 Å². The van der Waals surface area contributed by atoms with Crippen molar-refractivity contribution in [2.24, 2.45) is 0 Å². The number of hydrogen-bond donors (Lipinski definition) is 1. The predicted octanol–water partition coefficient (Wildman–Crippen LogP) is 4.51. The number of benzene rings is 2. The van der Waals surface area contributed by atoms with E-state index in [1.165, 1.54) is 35.6 Å². The highest BCUT2D eigenvalue weighted by atomic mass is 35.5. The number of thiazole rings is 1. The zero-order valence-corrected chi connectivity index (χ0v) is 16.7. The van der Waals surface area contributed by atoms with Crippen molar-refractivity contribution in [2.75, 3.05) is 5.32 Å². The molecule has 2 aromatic heterocycles. The molecule has 2 heterocycles. The second kappa shape index (κ2) is 7.73. The molecule has 0 aliphatic rings. The average molecular weight is 429 g/mol. The number of aromatic nitrogens is 3. The molecule has 1 unspecified atom stereocenters. The van der Waals surface area contributed by atoms with Gasteiger partial charge in [-0.25, -0.2) is 14.1 Å². The Morgan fingerprint density at radius 2 is 1.93 bits per heavy atom. The van der Waals surface area contributed by atoms with Crippen LogP contribution in [0.2, 0.25) is 5.02 Å². The summed E-state index contributed by atoms with van der Waals surface area (Å²) in [6.45, 7) is 1.57. The molecule has 146 valence electrons. The van der Waals surface area contributed by atoms with Gasteiger partial charge in [0.2, 0.25) is 0 Å². The van der Waals surface area contributed by atoms with Gasteiger partial charge in [-0.3, -0.25) is 9.59 Å². The van der Waals surface area contributed by atoms with Crippen LogP contribution in [-0.2, 0) is 4.79 Å². The van der Waals surface area contributed by atoms with Crippen LogP contribution in [0.1, 0.15) is 13.0 Å². The van der Waals surface area contributed by atoms with E-state index in [1.807, 2.05) is 0 Å². The number of carbonyl (C=O) groups is 1. The molecule has 6 nitrogen and oxygen atoms in total. The van der Waals surface area contributed by atoms with E-state index < -0.39 is 17.5 Å². The Bertz CT molecular complexity index is 1270. The molecular weight excluding hydrogens is 415 g/mol. The van der Waals surface area contributed by atoms with E-state index in [0.29, 0.717) is 21.4 Å². The maximum absolute atomic E-state index is 13.1. The fourth-order valence-electron chi connectivity index (χ4n) is 2.75. The summed E-state index contributed by atoms with van der Waals surface area (Å²) in [5.41, 5.74) is 1.39. The average Bonchev–Trinajstić information content (AvgIpc) is 3.09. The molecule has 0 aliphatic carbocycles. The number of hydrogen-bond acceptors (Lipinski definition) is 5. The molecule has 4 rings (SSSR count). The van der Waals surface area contributed by atoms with E-state index in [-0.39, 0.29) is 5.82 Å². The molecule has 0 radical (unpaired) electrons. The molecule has 0 fully saturated rings. The minimum atomic E-state index is -0.876. The molecule has 1 N–H and O–H groups in total. The van der Waals surface area contributed by atoms with Crippen molar-refractivity contribution in [1.82, 2.24) is 14.8 Å². The Kier molecular flexibility index (Phi) is 5.12. The van der Waals surface area contributed by atoms with Crippen molar-refractivity contribution in [1.29, 1.82) is 0 Å². The van der Waals surface area contributed by atoms with Crippen molar-refractivity contribution in [3.63, 3.8) is 0 Å². The smallest absolute Gasteiger partial charge is 0.267 e. The lowest BCUT2D eigenvalue weighted by Gasteiger charge is -2.14. The van der Waals surface area contributed by atoms with Crippen molar-refractivity contribution >= 4 is 44.2 Å². The van der Waals surface area contributed by atoms with E-state index in [2.05, 4.69) is 15.4 Å². The van der Waals surface area contributed by atoms with Crippen molar-refractivity contribution < 1.29 is 9.18 Å². The van der Waals surface area contributed by atoms with Gasteiger partial charge in [-0.2, -0.15) is 5.10 Å². The van der Waals surface area contributed by atoms with Gasteiger partial charge >= 0.3 is 0 Å². The summed E-state index contributed by atoms with van der Waals surface area (Å²) < 4.78 is 15.1. The lowest BCUT2D eigenvalue weighted by atomic mass is 10.1. The van der Waals surface area contributed by atoms with E-state index in [4.69, 9.17) is 11.6 Å². The van der Waals surface area contributed by atoms with Crippen LogP contribution in [-0.4, -0.2) is 20.7 Å². The molecule has 0 aliphatic heterocycles. The molecule has 4 aromatic rings. The number of amides is 1. The topological polar surface area (TPSA) is 76.9 Å². The number of rotatable bonds is 4. The summed E-state index contributed by atoms with van der Waals surface area (Å²) in [4.78, 5) is 29.3. The van der Waals surface area contributed by atoms with Gasteiger partial charge in [0, 0.05) is 16.7 Å². The zero-order chi connectivity index (χ0) is 20.5. The Morgan fingerprint density at radius 3 is 2.69 bits per heavy atom. The molecule has 0 bridgehead atoms. The van der Waals surface area contributed by atoms with E-state index in [9.17, 15) is 14.0 Å². The maximum atomic E-state index is 13.1. The number of nitrogens with one attached hydrogen (secondary N) is 1. The van der Waals surface area contributed by atoms with E-state index >= 15 is 0 Å². The van der Waals surface area contributed by atoms with E-state index in [1.54, 1.807) is 37.3 Å². The third kappa shape index (κ3) is 4.03. The lowest BCUT2D eigenvalue weighted by molar-refractivity contribution is -0.119. The summed E-state index contributed by atoms with van der Waals surface area (Å²) in [6.07, 6.45) is 0. The normalized spacial score (nSPS) is 12.1. The Labute approximate surface area is 173 Å². The minimum absolute atomic E-state index is 0.369. The minimum Gasteiger partial charge on any atom is -0.300 e. The number of carbonyl (C=O) groups excluding carboxylic acids is 1. The molecule has 0 saturated carbocycles. The van der Waals surface area contributed by atoms with Crippen molar-refractivity contribution in [3.8, 4) is 11.3 Å². The van der Waals surface area contributed by atoms with Crippen LogP contribution in [0.5, 0.6) is 0 Å². The first kappa shape index (κ1) is 19.2. The van der Waals surface area contributed by atoms with Crippen LogP contribution < -0.4 is 10.9 Å². The number of fused-ring (bicyclic) bond motifs is 1. The highest BCUT2D eigenvalue weighted by Crippen LogP contribution is 2.28. The fourth-order valence-corrected chi connectivity index (χ4v) is 3.90. The Morgan fingerprint density at radius 1 is 1.17 bits per heavy atom. The van der Waals surface area contributed by atoms with Crippen LogP contribution >= 0.6 is 22.9 Å². The van der Waals surface area contributed by atoms with Crippen LogP contribution in [0.3, 0.4) is 0 Å². The standard InChI is InChI=1S/C20H14ClFN4O2S/c1-11(19(28)24-20-23-16-7-4-13(21)10-17(16)29-20)26-18(27)9-8-15(25-26)12-2-5-14(22)6-3-12/h2-11H,1H3,(H,23,24,28). The predicted molar refractivity (Wildman–Crippen MR) is 112 cm³/mol. The summed E-state index contributed by atoms with van der Waals surface area (Å²) >= 11 is 7.27. The first-order chi connectivity index (χ1) is 13.9. The quantitative estimate of drug-likeness (QED) is 0.518. The highest BCUT2D eigenvalue weighted by Gasteiger charge is 2.19. The van der Waals surface area contributed by atoms with Gasteiger partial charge in [-0.1, -0.05) is 22.9 Å². The molecule has 0 saturated heterocycles. The second-order valence-electron chi connectivity index (χ2n) is 6.30. The van der Waals surface area contributed by atoms with Gasteiger partial charge < -0.3 is 5.32 Å². The molecule has 0 spiro atoms. The van der Waals surface area contributed by atoms with Gasteiger partial charge in [0.15, 0.2) is 5.13 Å². The number of nitrogens with zero attached hydrogens (tertiary/aromatic N) is 3. The maximum Gasteiger partial charge on any atom is 0.267 e. The highest BCUT2D eigenvalue weighted by molar-refractivity contribution is 7.22. The van der Waals surface area contributed by atoms with Gasteiger partial charge in [0.1, 0.15) is 11.9 Å². The molecular formula is C20H14ClFN4O2S. The summed E-state index contributed by atoms with van der Waals surface area (Å²) in [7, 11) is 0. The van der Waals surface area contributed by atoms with Gasteiger partial charge in [-0.15, -0.1) is 0 Å². The van der Waals surface area contributed by atoms with Crippen LogP contribution in [0.25, 0.3) is 21.5 Å². The molecule has 1 atom stereocenters. The molecule has 29 heavy (non-hydrogen) atoms. The number of anilines is 1. The van der Waals surface area contributed by atoms with Gasteiger partial charge in [-0.05, 0) is 55.5 Å². The van der Waals surface area contributed by atoms with Crippen LogP contribution in [0.15, 0.2) is 59.4 Å². The molecule has 9 heteroatoms. The van der Waals surface area contributed by atoms with Crippen molar-refractivity contribution in [3.05, 3.63) is 75.8 Å². The van der Waals surface area contributed by atoms with Crippen molar-refractivity contribution in [2.45, 2.75) is 13.0 Å². The third-order valence-electron chi connectivity index (χ3n) is 4.29. The number of halogens is 2. The fraction of sp³-hybridized carbons (Fsp3) is 0.100. The first-order valence-corrected chi connectivity index (χ1v) is 9.83. The third-order valence-corrected chi connectivity index (χ3v) is 5.46. The monoisotopic (exact) mass is 428 g/mol. The summed E-state index contributed by atoms with van der Waals surface area (Å²) in [5.74, 6) is -0.798. The largest absolute Gasteiger partial charge is 0.300 e. The summed E-state index contributed by atoms with van der Waals surface area (Å²) in [6, 6.07) is 13.0. The zero-order valence-electron chi connectivity index (χ0n) is 15.1. The van der Waals surface area contributed by atoms with Crippen LogP contribution in [0, 0.1) is 5.82 Å². The second-order valence-corrected chi connectivity index (χ2v) is 7.77. The first-order valence-electron chi connectivity index (χ1n) is 8.63.